The lowest BCUT2D eigenvalue weighted by Gasteiger charge is -2.48. The van der Waals surface area contributed by atoms with Gasteiger partial charge in [-0.25, -0.2) is 0 Å². The minimum Gasteiger partial charge on any atom is -0.497 e. The number of nitrogens with one attached hydrogen (secondary N) is 1. The fraction of sp³-hybridized carbons (Fsp3) is 0.667. The Balaban J connectivity index is 1.50. The summed E-state index contributed by atoms with van der Waals surface area (Å²) in [5.74, 6) is 1.43. The second kappa shape index (κ2) is 9.26. The normalized spacial score (nSPS) is 20.3. The predicted molar refractivity (Wildman–Crippen MR) is 103 cm³/mol. The monoisotopic (exact) mass is 360 g/mol. The van der Waals surface area contributed by atoms with Crippen LogP contribution < -0.4 is 14.8 Å². The summed E-state index contributed by atoms with van der Waals surface area (Å²) in [7, 11) is 1.63. The molecule has 0 bridgehead atoms. The van der Waals surface area contributed by atoms with Crippen LogP contribution in [-0.2, 0) is 4.79 Å². The first-order valence-corrected chi connectivity index (χ1v) is 10.0. The number of piperidine rings is 1. The molecule has 5 nitrogen and oxygen atoms in total. The molecule has 1 saturated heterocycles. The number of likely N-dealkylation sites (tertiary alicyclic amines) is 1. The van der Waals surface area contributed by atoms with Crippen LogP contribution in [0.4, 0.5) is 0 Å². The lowest BCUT2D eigenvalue weighted by molar-refractivity contribution is -0.124. The molecule has 0 spiro atoms. The maximum absolute atomic E-state index is 12.3. The summed E-state index contributed by atoms with van der Waals surface area (Å²) in [4.78, 5) is 15.0. The van der Waals surface area contributed by atoms with E-state index in [1.807, 2.05) is 24.3 Å². The molecule has 0 unspecified atom stereocenters. The molecule has 1 amide bonds. The first-order chi connectivity index (χ1) is 12.7. The fourth-order valence-electron chi connectivity index (χ4n) is 4.32. The van der Waals surface area contributed by atoms with Crippen LogP contribution in [0.3, 0.4) is 0 Å². The van der Waals surface area contributed by atoms with Crippen molar-refractivity contribution in [1.29, 1.82) is 0 Å². The Morgan fingerprint density at radius 2 is 1.62 bits per heavy atom. The highest BCUT2D eigenvalue weighted by Crippen LogP contribution is 2.35. The molecule has 0 atom stereocenters. The lowest BCUT2D eigenvalue weighted by Crippen LogP contribution is -2.58. The fourth-order valence-corrected chi connectivity index (χ4v) is 4.32. The molecule has 1 aromatic carbocycles. The van der Waals surface area contributed by atoms with Gasteiger partial charge in [-0.2, -0.15) is 0 Å². The van der Waals surface area contributed by atoms with Gasteiger partial charge in [-0.3, -0.25) is 9.69 Å². The van der Waals surface area contributed by atoms with E-state index in [-0.39, 0.29) is 18.1 Å². The van der Waals surface area contributed by atoms with Crippen LogP contribution >= 0.6 is 0 Å². The quantitative estimate of drug-likeness (QED) is 0.810. The summed E-state index contributed by atoms with van der Waals surface area (Å²) in [6.07, 6.45) is 10.2. The van der Waals surface area contributed by atoms with Gasteiger partial charge in [0, 0.05) is 12.1 Å². The summed E-state index contributed by atoms with van der Waals surface area (Å²) in [6, 6.07) is 7.31. The van der Waals surface area contributed by atoms with Crippen molar-refractivity contribution >= 4 is 5.91 Å². The molecule has 2 fully saturated rings. The Morgan fingerprint density at radius 1 is 1.00 bits per heavy atom. The van der Waals surface area contributed by atoms with Crippen molar-refractivity contribution in [2.24, 2.45) is 0 Å². The van der Waals surface area contributed by atoms with E-state index in [2.05, 4.69) is 10.2 Å². The van der Waals surface area contributed by atoms with Gasteiger partial charge >= 0.3 is 0 Å². The minimum atomic E-state index is -0.0391. The molecule has 1 heterocycles. The highest BCUT2D eigenvalue weighted by molar-refractivity contribution is 5.77. The van der Waals surface area contributed by atoms with Crippen LogP contribution in [0.2, 0.25) is 0 Å². The molecule has 0 aromatic heterocycles. The van der Waals surface area contributed by atoms with Crippen molar-refractivity contribution in [2.75, 3.05) is 33.4 Å². The Kier molecular flexibility index (Phi) is 6.78. The van der Waals surface area contributed by atoms with Crippen molar-refractivity contribution in [3.63, 3.8) is 0 Å². The van der Waals surface area contributed by atoms with Crippen molar-refractivity contribution in [2.45, 2.75) is 56.9 Å². The standard InChI is InChI=1S/C21H32N2O3/c1-25-18-8-10-19(11-9-18)26-16-20(24)22-17-21(12-4-2-5-13-21)23-14-6-3-7-15-23/h8-11H,2-7,12-17H2,1H3,(H,22,24). The van der Waals surface area contributed by atoms with Crippen LogP contribution in [0.25, 0.3) is 0 Å². The summed E-state index contributed by atoms with van der Waals surface area (Å²) in [6.45, 7) is 3.16. The number of hydrogen-bond acceptors (Lipinski definition) is 4. The predicted octanol–water partition coefficient (Wildman–Crippen LogP) is 3.38. The number of carbonyl (C=O) groups is 1. The summed E-state index contributed by atoms with van der Waals surface area (Å²) < 4.78 is 10.7. The smallest absolute Gasteiger partial charge is 0.258 e. The number of benzene rings is 1. The molecule has 1 aliphatic carbocycles. The summed E-state index contributed by atoms with van der Waals surface area (Å²) in [5.41, 5.74) is 0.161. The van der Waals surface area contributed by atoms with Gasteiger partial charge in [-0.1, -0.05) is 25.7 Å². The highest BCUT2D eigenvalue weighted by Gasteiger charge is 2.38. The summed E-state index contributed by atoms with van der Waals surface area (Å²) in [5, 5.41) is 3.15. The maximum Gasteiger partial charge on any atom is 0.258 e. The van der Waals surface area contributed by atoms with Gasteiger partial charge in [0.05, 0.1) is 7.11 Å². The zero-order valence-electron chi connectivity index (χ0n) is 16.0. The Morgan fingerprint density at radius 3 is 2.27 bits per heavy atom. The lowest BCUT2D eigenvalue weighted by atomic mass is 9.79. The SMILES string of the molecule is COc1ccc(OCC(=O)NCC2(N3CCCCC3)CCCCC2)cc1. The first-order valence-electron chi connectivity index (χ1n) is 10.0. The van der Waals surface area contributed by atoms with Crippen molar-refractivity contribution in [3.8, 4) is 11.5 Å². The zero-order valence-corrected chi connectivity index (χ0v) is 16.0. The second-order valence-electron chi connectivity index (χ2n) is 7.57. The number of nitrogens with zero attached hydrogens (tertiary/aromatic N) is 1. The molecule has 1 aliphatic heterocycles. The van der Waals surface area contributed by atoms with E-state index < -0.39 is 0 Å². The van der Waals surface area contributed by atoms with E-state index in [1.54, 1.807) is 7.11 Å². The molecule has 26 heavy (non-hydrogen) atoms. The topological polar surface area (TPSA) is 50.8 Å². The van der Waals surface area contributed by atoms with Gasteiger partial charge in [0.2, 0.25) is 0 Å². The number of ether oxygens (including phenoxy) is 2. The van der Waals surface area contributed by atoms with Crippen LogP contribution in [0.5, 0.6) is 11.5 Å². The van der Waals surface area contributed by atoms with E-state index in [9.17, 15) is 4.79 Å². The molecule has 1 saturated carbocycles. The number of carbonyl (C=O) groups excluding carboxylic acids is 1. The number of amides is 1. The van der Waals surface area contributed by atoms with Crippen LogP contribution in [0.1, 0.15) is 51.4 Å². The maximum atomic E-state index is 12.3. The highest BCUT2D eigenvalue weighted by atomic mass is 16.5. The summed E-state index contributed by atoms with van der Waals surface area (Å²) >= 11 is 0. The van der Waals surface area contributed by atoms with E-state index >= 15 is 0 Å². The average molecular weight is 360 g/mol. The van der Waals surface area contributed by atoms with E-state index in [1.165, 1.54) is 64.5 Å². The van der Waals surface area contributed by atoms with Gasteiger partial charge in [0.1, 0.15) is 11.5 Å². The van der Waals surface area contributed by atoms with Crippen molar-refractivity contribution in [3.05, 3.63) is 24.3 Å². The van der Waals surface area contributed by atoms with Crippen LogP contribution in [0.15, 0.2) is 24.3 Å². The Hall–Kier alpha value is -1.75. The van der Waals surface area contributed by atoms with Crippen LogP contribution in [0, 0.1) is 0 Å². The third-order valence-corrected chi connectivity index (χ3v) is 5.86. The van der Waals surface area contributed by atoms with Gasteiger partial charge in [0.15, 0.2) is 6.61 Å². The molecule has 5 heteroatoms. The van der Waals surface area contributed by atoms with E-state index in [4.69, 9.17) is 9.47 Å². The largest absolute Gasteiger partial charge is 0.497 e. The second-order valence-corrected chi connectivity index (χ2v) is 7.57. The van der Waals surface area contributed by atoms with Crippen molar-refractivity contribution in [1.82, 2.24) is 10.2 Å². The van der Waals surface area contributed by atoms with E-state index in [0.29, 0.717) is 5.75 Å². The van der Waals surface area contributed by atoms with Gasteiger partial charge < -0.3 is 14.8 Å². The molecule has 1 N–H and O–H groups in total. The Labute approximate surface area is 157 Å². The third-order valence-electron chi connectivity index (χ3n) is 5.86. The molecule has 0 radical (unpaired) electrons. The number of methoxy groups -OCH3 is 1. The molecule has 1 aromatic rings. The zero-order chi connectivity index (χ0) is 18.2. The van der Waals surface area contributed by atoms with Gasteiger partial charge in [0.25, 0.3) is 5.91 Å². The average Bonchev–Trinajstić information content (AvgIpc) is 2.72. The Bertz CT molecular complexity index is 561. The molecule has 3 rings (SSSR count). The molecular formula is C21H32N2O3. The van der Waals surface area contributed by atoms with Gasteiger partial charge in [-0.15, -0.1) is 0 Å². The third kappa shape index (κ3) is 4.91. The molecular weight excluding hydrogens is 328 g/mol. The number of hydrogen-bond donors (Lipinski definition) is 1. The van der Waals surface area contributed by atoms with Gasteiger partial charge in [-0.05, 0) is 63.0 Å². The van der Waals surface area contributed by atoms with Crippen LogP contribution in [-0.4, -0.2) is 49.7 Å². The minimum absolute atomic E-state index is 0.0391. The molecule has 2 aliphatic rings. The van der Waals surface area contributed by atoms with E-state index in [0.717, 1.165) is 12.3 Å². The molecule has 144 valence electrons. The number of rotatable bonds is 7. The first kappa shape index (κ1) is 19.0. The van der Waals surface area contributed by atoms with Crippen molar-refractivity contribution < 1.29 is 14.3 Å².